The number of hydrogen-bond donors (Lipinski definition) is 2. The second kappa shape index (κ2) is 4.61. The predicted molar refractivity (Wildman–Crippen MR) is 60.8 cm³/mol. The van der Waals surface area contributed by atoms with Crippen molar-refractivity contribution >= 4 is 22.4 Å². The zero-order valence-electron chi connectivity index (χ0n) is 8.75. The van der Waals surface area contributed by atoms with Crippen LogP contribution < -0.4 is 10.6 Å². The van der Waals surface area contributed by atoms with Gasteiger partial charge in [-0.15, -0.1) is 11.3 Å². The Morgan fingerprint density at radius 1 is 1.67 bits per heavy atom. The third-order valence-corrected chi connectivity index (χ3v) is 3.59. The molecule has 1 saturated carbocycles. The van der Waals surface area contributed by atoms with Crippen molar-refractivity contribution in [3.63, 3.8) is 0 Å². The fraction of sp³-hybridized carbons (Fsp3) is 0.600. The summed E-state index contributed by atoms with van der Waals surface area (Å²) < 4.78 is 0. The minimum Gasteiger partial charge on any atom is -0.365 e. The normalized spacial score (nSPS) is 15.8. The second-order valence-corrected chi connectivity index (χ2v) is 4.60. The molecule has 1 heterocycles. The van der Waals surface area contributed by atoms with E-state index >= 15 is 0 Å². The van der Waals surface area contributed by atoms with Crippen LogP contribution in [-0.4, -0.2) is 17.9 Å². The molecule has 15 heavy (non-hydrogen) atoms. The third kappa shape index (κ3) is 2.47. The molecule has 1 fully saturated rings. The highest BCUT2D eigenvalue weighted by Crippen LogP contribution is 2.26. The molecule has 1 aliphatic carbocycles. The van der Waals surface area contributed by atoms with Crippen LogP contribution in [0.2, 0.25) is 0 Å². The smallest absolute Gasteiger partial charge is 0.223 e. The molecular formula is C10H15N3OS. The molecule has 1 amide bonds. The fourth-order valence-corrected chi connectivity index (χ4v) is 2.17. The van der Waals surface area contributed by atoms with E-state index in [0.717, 1.165) is 23.7 Å². The molecule has 2 rings (SSSR count). The van der Waals surface area contributed by atoms with Crippen LogP contribution in [0.25, 0.3) is 0 Å². The van der Waals surface area contributed by atoms with E-state index < -0.39 is 0 Å². The number of thiazole rings is 1. The molecule has 2 N–H and O–H groups in total. The van der Waals surface area contributed by atoms with E-state index in [9.17, 15) is 4.79 Å². The van der Waals surface area contributed by atoms with Gasteiger partial charge in [0.2, 0.25) is 5.91 Å². The van der Waals surface area contributed by atoms with E-state index in [1.165, 1.54) is 6.42 Å². The molecule has 4 nitrogen and oxygen atoms in total. The van der Waals surface area contributed by atoms with Crippen LogP contribution in [0.1, 0.15) is 25.0 Å². The highest BCUT2D eigenvalue weighted by atomic mass is 32.1. The molecule has 82 valence electrons. The molecule has 0 atom stereocenters. The van der Waals surface area contributed by atoms with Gasteiger partial charge in [-0.3, -0.25) is 4.79 Å². The highest BCUT2D eigenvalue weighted by Gasteiger charge is 2.24. The maximum Gasteiger partial charge on any atom is 0.223 e. The number of carbonyl (C=O) groups is 1. The maximum atomic E-state index is 11.5. The van der Waals surface area contributed by atoms with Crippen LogP contribution in [0.4, 0.5) is 5.13 Å². The molecule has 0 bridgehead atoms. The lowest BCUT2D eigenvalue weighted by molar-refractivity contribution is -0.127. The number of carbonyl (C=O) groups excluding carboxylic acids is 1. The zero-order chi connectivity index (χ0) is 10.7. The predicted octanol–water partition coefficient (Wildman–Crippen LogP) is 1.60. The zero-order valence-corrected chi connectivity index (χ0v) is 9.56. The van der Waals surface area contributed by atoms with Gasteiger partial charge in [-0.2, -0.15) is 0 Å². The Labute approximate surface area is 93.1 Å². The molecule has 0 unspecified atom stereocenters. The summed E-state index contributed by atoms with van der Waals surface area (Å²) in [6.07, 6.45) is 3.29. The van der Waals surface area contributed by atoms with Crippen molar-refractivity contribution in [3.8, 4) is 0 Å². The summed E-state index contributed by atoms with van der Waals surface area (Å²) in [6, 6.07) is 0. The Hall–Kier alpha value is -1.10. The average molecular weight is 225 g/mol. The molecule has 0 radical (unpaired) electrons. The van der Waals surface area contributed by atoms with Crippen molar-refractivity contribution in [3.05, 3.63) is 11.1 Å². The number of nitrogens with one attached hydrogen (secondary N) is 2. The van der Waals surface area contributed by atoms with Gasteiger partial charge in [-0.25, -0.2) is 4.98 Å². The Balaban J connectivity index is 1.79. The van der Waals surface area contributed by atoms with Gasteiger partial charge in [-0.05, 0) is 12.8 Å². The summed E-state index contributed by atoms with van der Waals surface area (Å²) >= 11 is 1.56. The summed E-state index contributed by atoms with van der Waals surface area (Å²) in [7, 11) is 1.84. The Morgan fingerprint density at radius 2 is 2.47 bits per heavy atom. The average Bonchev–Trinajstić information content (AvgIpc) is 2.59. The summed E-state index contributed by atoms with van der Waals surface area (Å²) in [4.78, 5) is 15.8. The van der Waals surface area contributed by atoms with Gasteiger partial charge in [0.1, 0.15) is 0 Å². The molecule has 0 aliphatic heterocycles. The van der Waals surface area contributed by atoms with Crippen molar-refractivity contribution in [1.82, 2.24) is 10.3 Å². The first-order valence-electron chi connectivity index (χ1n) is 5.19. The fourth-order valence-electron chi connectivity index (χ4n) is 1.50. The first-order chi connectivity index (χ1) is 7.29. The number of amides is 1. The van der Waals surface area contributed by atoms with Crippen molar-refractivity contribution in [2.45, 2.75) is 25.8 Å². The van der Waals surface area contributed by atoms with Gasteiger partial charge in [0.25, 0.3) is 0 Å². The topological polar surface area (TPSA) is 54.0 Å². The van der Waals surface area contributed by atoms with Crippen LogP contribution >= 0.6 is 11.3 Å². The van der Waals surface area contributed by atoms with Gasteiger partial charge in [-0.1, -0.05) is 6.42 Å². The van der Waals surface area contributed by atoms with Gasteiger partial charge in [0.15, 0.2) is 5.13 Å². The summed E-state index contributed by atoms with van der Waals surface area (Å²) in [5, 5.41) is 8.75. The van der Waals surface area contributed by atoms with Gasteiger partial charge < -0.3 is 10.6 Å². The van der Waals surface area contributed by atoms with E-state index in [0.29, 0.717) is 6.54 Å². The summed E-state index contributed by atoms with van der Waals surface area (Å²) in [6.45, 7) is 0.549. The number of hydrogen-bond acceptors (Lipinski definition) is 4. The van der Waals surface area contributed by atoms with Gasteiger partial charge in [0.05, 0.1) is 12.2 Å². The standard InChI is InChI=1S/C10H15N3OS/c1-11-10-13-8(6-15-10)5-12-9(14)7-3-2-4-7/h6-7H,2-5H2,1H3,(H,11,13)(H,12,14). The van der Waals surface area contributed by atoms with Crippen LogP contribution in [0.15, 0.2) is 5.38 Å². The SMILES string of the molecule is CNc1nc(CNC(=O)C2CCC2)cs1. The lowest BCUT2D eigenvalue weighted by atomic mass is 9.85. The quantitative estimate of drug-likeness (QED) is 0.818. The van der Waals surface area contributed by atoms with Crippen LogP contribution in [0.5, 0.6) is 0 Å². The first kappa shape index (κ1) is 10.4. The molecule has 1 aromatic heterocycles. The maximum absolute atomic E-state index is 11.5. The monoisotopic (exact) mass is 225 g/mol. The minimum absolute atomic E-state index is 0.181. The molecule has 5 heteroatoms. The lowest BCUT2D eigenvalue weighted by Crippen LogP contribution is -2.34. The summed E-state index contributed by atoms with van der Waals surface area (Å²) in [5.74, 6) is 0.438. The van der Waals surface area contributed by atoms with E-state index in [-0.39, 0.29) is 11.8 Å². The van der Waals surface area contributed by atoms with Crippen molar-refractivity contribution in [2.75, 3.05) is 12.4 Å². The lowest BCUT2D eigenvalue weighted by Gasteiger charge is -2.23. The third-order valence-electron chi connectivity index (χ3n) is 2.69. The van der Waals surface area contributed by atoms with Crippen molar-refractivity contribution < 1.29 is 4.79 Å². The number of aromatic nitrogens is 1. The van der Waals surface area contributed by atoms with Gasteiger partial charge >= 0.3 is 0 Å². The van der Waals surface area contributed by atoms with E-state index in [1.54, 1.807) is 11.3 Å². The van der Waals surface area contributed by atoms with E-state index in [2.05, 4.69) is 15.6 Å². The van der Waals surface area contributed by atoms with Crippen LogP contribution in [0, 0.1) is 5.92 Å². The Bertz CT molecular complexity index is 346. The molecule has 1 aliphatic rings. The molecular weight excluding hydrogens is 210 g/mol. The van der Waals surface area contributed by atoms with Crippen molar-refractivity contribution in [2.24, 2.45) is 5.92 Å². The largest absolute Gasteiger partial charge is 0.365 e. The van der Waals surface area contributed by atoms with Gasteiger partial charge in [0, 0.05) is 18.3 Å². The summed E-state index contributed by atoms with van der Waals surface area (Å²) in [5.41, 5.74) is 0.928. The van der Waals surface area contributed by atoms with Crippen LogP contribution in [-0.2, 0) is 11.3 Å². The molecule has 0 aromatic carbocycles. The molecule has 0 spiro atoms. The highest BCUT2D eigenvalue weighted by molar-refractivity contribution is 7.13. The second-order valence-electron chi connectivity index (χ2n) is 3.74. The Morgan fingerprint density at radius 3 is 3.00 bits per heavy atom. The molecule has 0 saturated heterocycles. The van der Waals surface area contributed by atoms with Crippen molar-refractivity contribution in [1.29, 1.82) is 0 Å². The number of anilines is 1. The van der Waals surface area contributed by atoms with E-state index in [1.807, 2.05) is 12.4 Å². The first-order valence-corrected chi connectivity index (χ1v) is 6.07. The Kier molecular flexibility index (Phi) is 3.20. The number of nitrogens with zero attached hydrogens (tertiary/aromatic N) is 1. The van der Waals surface area contributed by atoms with Crippen LogP contribution in [0.3, 0.4) is 0 Å². The van der Waals surface area contributed by atoms with E-state index in [4.69, 9.17) is 0 Å². The minimum atomic E-state index is 0.181. The molecule has 1 aromatic rings. The number of rotatable bonds is 4.